The van der Waals surface area contributed by atoms with Crippen LogP contribution in [0.3, 0.4) is 0 Å². The molecule has 0 radical (unpaired) electrons. The lowest BCUT2D eigenvalue weighted by molar-refractivity contribution is -0.137. The maximum atomic E-state index is 12.8. The van der Waals surface area contributed by atoms with Gasteiger partial charge in [-0.25, -0.2) is 0 Å². The van der Waals surface area contributed by atoms with Gasteiger partial charge in [0.05, 0.1) is 24.8 Å². The molecule has 2 aliphatic rings. The topological polar surface area (TPSA) is 71.6 Å². The lowest BCUT2D eigenvalue weighted by atomic mass is 9.80. The zero-order chi connectivity index (χ0) is 23.2. The molecule has 2 fully saturated rings. The van der Waals surface area contributed by atoms with Crippen molar-refractivity contribution in [1.29, 1.82) is 0 Å². The molecule has 2 atom stereocenters. The fraction of sp³-hybridized carbons (Fsp3) is 0.417. The van der Waals surface area contributed by atoms with Crippen molar-refractivity contribution in [2.24, 2.45) is 0 Å². The van der Waals surface area contributed by atoms with E-state index in [9.17, 15) is 18.3 Å². The highest BCUT2D eigenvalue weighted by molar-refractivity contribution is 5.54. The summed E-state index contributed by atoms with van der Waals surface area (Å²) in [5.41, 5.74) is -0.255. The summed E-state index contributed by atoms with van der Waals surface area (Å²) in [6, 6.07) is 12.6. The molecule has 9 heteroatoms. The number of hydrogen-bond donors (Lipinski definition) is 1. The molecule has 2 saturated heterocycles. The van der Waals surface area contributed by atoms with E-state index in [0.29, 0.717) is 30.8 Å². The Labute approximate surface area is 189 Å². The fourth-order valence-corrected chi connectivity index (χ4v) is 5.11. The number of methoxy groups -OCH3 is 1. The van der Waals surface area contributed by atoms with Crippen LogP contribution in [0.2, 0.25) is 0 Å². The summed E-state index contributed by atoms with van der Waals surface area (Å²) < 4.78 is 49.0. The number of alkyl halides is 3. The molecule has 0 unspecified atom stereocenters. The Morgan fingerprint density at radius 1 is 1.06 bits per heavy atom. The normalized spacial score (nSPS) is 25.4. The molecule has 1 aromatic heterocycles. The van der Waals surface area contributed by atoms with Gasteiger partial charge in [0.2, 0.25) is 11.7 Å². The monoisotopic (exact) mass is 459 g/mol. The van der Waals surface area contributed by atoms with Gasteiger partial charge in [-0.1, -0.05) is 29.4 Å². The van der Waals surface area contributed by atoms with Crippen molar-refractivity contribution in [2.45, 2.75) is 56.1 Å². The minimum atomic E-state index is -4.39. The molecule has 0 aliphatic carbocycles. The Balaban J connectivity index is 1.28. The number of aliphatic hydroxyl groups is 1. The van der Waals surface area contributed by atoms with Crippen molar-refractivity contribution in [3.05, 3.63) is 65.5 Å². The number of hydrogen-bond acceptors (Lipinski definition) is 6. The van der Waals surface area contributed by atoms with Crippen LogP contribution in [0.5, 0.6) is 5.75 Å². The number of benzene rings is 2. The van der Waals surface area contributed by atoms with Crippen LogP contribution >= 0.6 is 0 Å². The third-order valence-corrected chi connectivity index (χ3v) is 6.80. The van der Waals surface area contributed by atoms with E-state index in [1.54, 1.807) is 7.11 Å². The molecule has 5 rings (SSSR count). The van der Waals surface area contributed by atoms with Gasteiger partial charge in [-0.2, -0.15) is 18.2 Å². The van der Waals surface area contributed by atoms with Crippen LogP contribution in [0, 0.1) is 0 Å². The Hall–Kier alpha value is -2.91. The molecule has 2 aliphatic heterocycles. The Morgan fingerprint density at radius 3 is 2.27 bits per heavy atom. The molecule has 3 heterocycles. The number of aromatic nitrogens is 2. The van der Waals surface area contributed by atoms with Crippen molar-refractivity contribution >= 4 is 0 Å². The Kier molecular flexibility index (Phi) is 5.41. The molecular formula is C24H24F3N3O3. The Morgan fingerprint density at radius 2 is 1.70 bits per heavy atom. The lowest BCUT2D eigenvalue weighted by Gasteiger charge is -2.43. The largest absolute Gasteiger partial charge is 0.497 e. The first-order valence-corrected chi connectivity index (χ1v) is 10.9. The molecule has 2 aromatic carbocycles. The van der Waals surface area contributed by atoms with Crippen molar-refractivity contribution in [1.82, 2.24) is 15.0 Å². The standard InChI is InChI=1S/C24H24F3N3O3/c1-32-20-10-6-16(7-11-20)23(31)12-18-8-9-19(13-23)30(18)14-21-28-22(29-33-21)15-2-4-17(5-3-15)24(25,26)27/h2-7,10-11,18-19,31H,8-9,12-14H2,1H3/t18-,19-/m1/s1. The number of nitrogens with zero attached hydrogens (tertiary/aromatic N) is 3. The van der Waals surface area contributed by atoms with Crippen LogP contribution in [-0.4, -0.2) is 39.3 Å². The zero-order valence-corrected chi connectivity index (χ0v) is 18.0. The third kappa shape index (κ3) is 4.22. The van der Waals surface area contributed by atoms with E-state index in [1.807, 2.05) is 24.3 Å². The summed E-state index contributed by atoms with van der Waals surface area (Å²) >= 11 is 0. The van der Waals surface area contributed by atoms with Gasteiger partial charge >= 0.3 is 6.18 Å². The number of piperidine rings is 1. The Bertz CT molecular complexity index is 1100. The summed E-state index contributed by atoms with van der Waals surface area (Å²) in [6.07, 6.45) is -1.22. The van der Waals surface area contributed by atoms with Gasteiger partial charge in [-0.3, -0.25) is 4.90 Å². The summed E-state index contributed by atoms with van der Waals surface area (Å²) in [7, 11) is 1.61. The van der Waals surface area contributed by atoms with Gasteiger partial charge in [-0.05, 0) is 55.5 Å². The van der Waals surface area contributed by atoms with E-state index in [4.69, 9.17) is 9.26 Å². The molecule has 6 nitrogen and oxygen atoms in total. The highest BCUT2D eigenvalue weighted by Crippen LogP contribution is 2.46. The first-order chi connectivity index (χ1) is 15.7. The third-order valence-electron chi connectivity index (χ3n) is 6.80. The molecule has 1 N–H and O–H groups in total. The number of ether oxygens (including phenoxy) is 1. The minimum absolute atomic E-state index is 0.178. The van der Waals surface area contributed by atoms with Gasteiger partial charge in [-0.15, -0.1) is 0 Å². The smallest absolute Gasteiger partial charge is 0.416 e. The van der Waals surface area contributed by atoms with Gasteiger partial charge in [0.1, 0.15) is 5.75 Å². The quantitative estimate of drug-likeness (QED) is 0.592. The molecule has 0 saturated carbocycles. The van der Waals surface area contributed by atoms with Gasteiger partial charge in [0.15, 0.2) is 0 Å². The molecule has 0 amide bonds. The van der Waals surface area contributed by atoms with Crippen molar-refractivity contribution < 1.29 is 27.5 Å². The van der Waals surface area contributed by atoms with Crippen LogP contribution in [0.1, 0.15) is 42.7 Å². The number of halogens is 3. The molecule has 33 heavy (non-hydrogen) atoms. The average Bonchev–Trinajstić information content (AvgIpc) is 3.36. The van der Waals surface area contributed by atoms with Gasteiger partial charge in [0.25, 0.3) is 0 Å². The van der Waals surface area contributed by atoms with Crippen molar-refractivity contribution in [2.75, 3.05) is 7.11 Å². The average molecular weight is 459 g/mol. The van der Waals surface area contributed by atoms with Crippen LogP contribution in [0.4, 0.5) is 13.2 Å². The number of fused-ring (bicyclic) bond motifs is 2. The van der Waals surface area contributed by atoms with Crippen molar-refractivity contribution in [3.8, 4) is 17.1 Å². The summed E-state index contributed by atoms with van der Waals surface area (Å²) in [5.74, 6) is 1.43. The van der Waals surface area contributed by atoms with E-state index >= 15 is 0 Å². The van der Waals surface area contributed by atoms with Crippen molar-refractivity contribution in [3.63, 3.8) is 0 Å². The van der Waals surface area contributed by atoms with Crippen LogP contribution in [0.15, 0.2) is 53.1 Å². The SMILES string of the molecule is COc1ccc(C2(O)C[C@H]3CC[C@H](C2)N3Cc2nc(-c3ccc(C(F)(F)F)cc3)no2)cc1. The first kappa shape index (κ1) is 21.9. The summed E-state index contributed by atoms with van der Waals surface area (Å²) in [4.78, 5) is 6.69. The predicted molar refractivity (Wildman–Crippen MR) is 113 cm³/mol. The first-order valence-electron chi connectivity index (χ1n) is 10.9. The molecule has 0 spiro atoms. The second-order valence-corrected chi connectivity index (χ2v) is 8.81. The minimum Gasteiger partial charge on any atom is -0.497 e. The maximum absolute atomic E-state index is 12.8. The van der Waals surface area contributed by atoms with E-state index in [1.165, 1.54) is 12.1 Å². The van der Waals surface area contributed by atoms with Crippen LogP contribution < -0.4 is 4.74 Å². The molecule has 174 valence electrons. The van der Waals surface area contributed by atoms with Gasteiger partial charge in [0, 0.05) is 17.6 Å². The summed E-state index contributed by atoms with van der Waals surface area (Å²) in [6.45, 7) is 0.446. The van der Waals surface area contributed by atoms with E-state index < -0.39 is 17.3 Å². The van der Waals surface area contributed by atoms with Gasteiger partial charge < -0.3 is 14.4 Å². The maximum Gasteiger partial charge on any atom is 0.416 e. The number of rotatable bonds is 5. The van der Waals surface area contributed by atoms with Crippen LogP contribution in [0.25, 0.3) is 11.4 Å². The zero-order valence-electron chi connectivity index (χ0n) is 18.0. The fourth-order valence-electron chi connectivity index (χ4n) is 5.11. The molecular weight excluding hydrogens is 435 g/mol. The predicted octanol–water partition coefficient (Wildman–Crippen LogP) is 4.78. The van der Waals surface area contributed by atoms with E-state index in [0.717, 1.165) is 36.3 Å². The highest BCUT2D eigenvalue weighted by Gasteiger charge is 2.48. The second-order valence-electron chi connectivity index (χ2n) is 8.81. The van der Waals surface area contributed by atoms with Crippen LogP contribution in [-0.2, 0) is 18.3 Å². The molecule has 2 bridgehead atoms. The highest BCUT2D eigenvalue weighted by atomic mass is 19.4. The lowest BCUT2D eigenvalue weighted by Crippen LogP contribution is -2.49. The summed E-state index contributed by atoms with van der Waals surface area (Å²) in [5, 5.41) is 15.4. The molecule has 3 aromatic rings. The van der Waals surface area contributed by atoms with E-state index in [2.05, 4.69) is 15.0 Å². The van der Waals surface area contributed by atoms with E-state index in [-0.39, 0.29) is 17.9 Å². The second kappa shape index (κ2) is 8.14.